The van der Waals surface area contributed by atoms with Crippen molar-refractivity contribution in [3.05, 3.63) is 71.3 Å². The largest absolute Gasteiger partial charge is 0.457 e. The van der Waals surface area contributed by atoms with Gasteiger partial charge in [-0.25, -0.2) is 4.21 Å². The lowest BCUT2D eigenvalue weighted by molar-refractivity contribution is 0.0963. The highest BCUT2D eigenvalue weighted by atomic mass is 32.2. The predicted molar refractivity (Wildman–Crippen MR) is 144 cm³/mol. The second-order valence-corrected chi connectivity index (χ2v) is 10.5. The van der Waals surface area contributed by atoms with Crippen molar-refractivity contribution in [1.82, 2.24) is 10.2 Å². The second-order valence-electron chi connectivity index (χ2n) is 9.28. The van der Waals surface area contributed by atoms with Crippen LogP contribution in [0.3, 0.4) is 0 Å². The number of fused-ring (bicyclic) bond motifs is 1. The van der Waals surface area contributed by atoms with E-state index in [2.05, 4.69) is 5.32 Å². The summed E-state index contributed by atoms with van der Waals surface area (Å²) < 4.78 is 24.2. The highest BCUT2D eigenvalue weighted by molar-refractivity contribution is 7.99. The molecule has 0 bridgehead atoms. The summed E-state index contributed by atoms with van der Waals surface area (Å²) in [7, 11) is 3.42. The van der Waals surface area contributed by atoms with Crippen LogP contribution >= 0.6 is 0 Å². The lowest BCUT2D eigenvalue weighted by Crippen LogP contribution is -2.51. The third-order valence-corrected chi connectivity index (χ3v) is 7.50. The van der Waals surface area contributed by atoms with Crippen molar-refractivity contribution in [2.75, 3.05) is 32.3 Å². The molecular formula is C28H29N3O5S. The molecule has 1 aliphatic carbocycles. The molecule has 0 radical (unpaired) electrons. The Bertz CT molecular complexity index is 1390. The summed E-state index contributed by atoms with van der Waals surface area (Å²) in [6.45, 7) is 0. The molecule has 2 atom stereocenters. The van der Waals surface area contributed by atoms with Gasteiger partial charge in [-0.15, -0.1) is 0 Å². The number of benzene rings is 2. The number of rotatable bonds is 6. The number of nitrogens with one attached hydrogen (secondary N) is 1. The monoisotopic (exact) mass is 519 g/mol. The van der Waals surface area contributed by atoms with Gasteiger partial charge in [0.25, 0.3) is 5.91 Å². The van der Waals surface area contributed by atoms with Gasteiger partial charge in [0.2, 0.25) is 5.88 Å². The molecule has 1 N–H and O–H groups in total. The summed E-state index contributed by atoms with van der Waals surface area (Å²) in [6, 6.07) is 16.9. The standard InChI is InChI=1S/C28H29N3O5S/c1-29-25(32)23-22-16-21(17-10-11-17)26(31(3)28(33)37(4)34)30(2)27(22)36-24(23)18-12-14-20(15-13-18)35-19-8-6-5-7-9-19/h5-9,12-17,26H,10-11H2,1-4H3,(H,29,32). The highest BCUT2D eigenvalue weighted by Crippen LogP contribution is 2.48. The van der Waals surface area contributed by atoms with Crippen LogP contribution in [-0.4, -0.2) is 53.8 Å². The number of furan rings is 1. The van der Waals surface area contributed by atoms with Crippen LogP contribution in [0.2, 0.25) is 0 Å². The van der Waals surface area contributed by atoms with Crippen LogP contribution in [0, 0.1) is 5.92 Å². The third kappa shape index (κ3) is 4.67. The lowest BCUT2D eigenvalue weighted by atomic mass is 9.95. The van der Waals surface area contributed by atoms with E-state index in [4.69, 9.17) is 9.15 Å². The molecule has 2 amide bonds. The first-order valence-electron chi connectivity index (χ1n) is 12.1. The highest BCUT2D eigenvalue weighted by Gasteiger charge is 2.43. The number of amides is 2. The summed E-state index contributed by atoms with van der Waals surface area (Å²) in [5.74, 6) is 2.34. The zero-order valence-electron chi connectivity index (χ0n) is 21.2. The van der Waals surface area contributed by atoms with Gasteiger partial charge in [-0.1, -0.05) is 18.2 Å². The molecule has 37 heavy (non-hydrogen) atoms. The zero-order chi connectivity index (χ0) is 26.3. The first kappa shape index (κ1) is 24.8. The molecule has 8 nitrogen and oxygen atoms in total. The first-order chi connectivity index (χ1) is 17.8. The maximum absolute atomic E-state index is 13.1. The van der Waals surface area contributed by atoms with Crippen LogP contribution < -0.4 is 15.0 Å². The minimum atomic E-state index is -1.65. The van der Waals surface area contributed by atoms with Crippen LogP contribution in [0.4, 0.5) is 10.7 Å². The second kappa shape index (κ2) is 9.89. The summed E-state index contributed by atoms with van der Waals surface area (Å²) in [5.41, 5.74) is 2.85. The van der Waals surface area contributed by atoms with Gasteiger partial charge in [0.15, 0.2) is 0 Å². The van der Waals surface area contributed by atoms with Gasteiger partial charge in [0, 0.05) is 33.0 Å². The molecule has 192 valence electrons. The number of para-hydroxylation sites is 1. The summed E-state index contributed by atoms with van der Waals surface area (Å²) in [6.07, 6.45) is 4.92. The van der Waals surface area contributed by atoms with E-state index in [0.717, 1.165) is 29.7 Å². The molecular weight excluding hydrogens is 490 g/mol. The SMILES string of the molecule is CNC(=O)c1c(-c2ccc(Oc3ccccc3)cc2)oc2c1C=C(C1CC1)C(N(C)C(=O)S(C)=O)N2C. The maximum atomic E-state index is 13.1. The molecule has 2 heterocycles. The van der Waals surface area contributed by atoms with Gasteiger partial charge in [0.05, 0.1) is 11.1 Å². The van der Waals surface area contributed by atoms with Gasteiger partial charge < -0.3 is 24.3 Å². The van der Waals surface area contributed by atoms with E-state index in [0.29, 0.717) is 34.4 Å². The Labute approximate surface area is 218 Å². The van der Waals surface area contributed by atoms with Crippen molar-refractivity contribution < 1.29 is 23.0 Å². The van der Waals surface area contributed by atoms with E-state index in [1.54, 1.807) is 14.1 Å². The normalized spacial score (nSPS) is 17.5. The zero-order valence-corrected chi connectivity index (χ0v) is 22.0. The fraction of sp³-hybridized carbons (Fsp3) is 0.286. The number of carbonyl (C=O) groups excluding carboxylic acids is 2. The predicted octanol–water partition coefficient (Wildman–Crippen LogP) is 5.10. The molecule has 2 unspecified atom stereocenters. The number of likely N-dealkylation sites (N-methyl/N-ethyl adjacent to an activating group) is 2. The number of anilines is 1. The molecule has 1 aliphatic heterocycles. The van der Waals surface area contributed by atoms with Gasteiger partial charge in [0.1, 0.15) is 34.2 Å². The van der Waals surface area contributed by atoms with E-state index in [9.17, 15) is 13.8 Å². The van der Waals surface area contributed by atoms with E-state index in [-0.39, 0.29) is 5.91 Å². The molecule has 5 rings (SSSR count). The van der Waals surface area contributed by atoms with Gasteiger partial charge in [-0.2, -0.15) is 0 Å². The third-order valence-electron chi connectivity index (χ3n) is 6.72. The Balaban J connectivity index is 1.56. The van der Waals surface area contributed by atoms with Crippen LogP contribution in [0.1, 0.15) is 28.8 Å². The van der Waals surface area contributed by atoms with Crippen LogP contribution in [0.5, 0.6) is 11.5 Å². The van der Waals surface area contributed by atoms with Gasteiger partial charge in [-0.05, 0) is 66.8 Å². The molecule has 2 aliphatic rings. The Morgan fingerprint density at radius 1 is 1.08 bits per heavy atom. The molecule has 1 aromatic heterocycles. The van der Waals surface area contributed by atoms with Crippen molar-refractivity contribution >= 4 is 33.9 Å². The number of hydrogen-bond acceptors (Lipinski definition) is 6. The van der Waals surface area contributed by atoms with Gasteiger partial charge in [-0.3, -0.25) is 9.59 Å². The maximum Gasteiger partial charge on any atom is 0.313 e. The van der Waals surface area contributed by atoms with E-state index in [1.807, 2.05) is 72.6 Å². The lowest BCUT2D eigenvalue weighted by Gasteiger charge is -2.39. The van der Waals surface area contributed by atoms with Crippen LogP contribution in [0.15, 0.2) is 64.6 Å². The fourth-order valence-corrected chi connectivity index (χ4v) is 5.29. The molecule has 1 fully saturated rings. The van der Waals surface area contributed by atoms with Gasteiger partial charge >= 0.3 is 5.24 Å². The number of carbonyl (C=O) groups is 2. The van der Waals surface area contributed by atoms with E-state index >= 15 is 0 Å². The first-order valence-corrected chi connectivity index (χ1v) is 13.6. The fourth-order valence-electron chi connectivity index (χ4n) is 4.79. The number of hydrogen-bond donors (Lipinski definition) is 1. The van der Waals surface area contributed by atoms with Crippen molar-refractivity contribution in [2.24, 2.45) is 5.92 Å². The molecule has 2 aromatic carbocycles. The number of nitrogens with zero attached hydrogens (tertiary/aromatic N) is 2. The van der Waals surface area contributed by atoms with E-state index in [1.165, 1.54) is 11.2 Å². The Hall–Kier alpha value is -3.85. The van der Waals surface area contributed by atoms with Crippen LogP contribution in [0.25, 0.3) is 17.4 Å². The quantitative estimate of drug-likeness (QED) is 0.487. The number of ether oxygens (including phenoxy) is 1. The van der Waals surface area contributed by atoms with E-state index < -0.39 is 22.2 Å². The van der Waals surface area contributed by atoms with Crippen molar-refractivity contribution in [3.63, 3.8) is 0 Å². The topological polar surface area (TPSA) is 92.1 Å². The average molecular weight is 520 g/mol. The molecule has 3 aromatic rings. The molecule has 9 heteroatoms. The Kier molecular flexibility index (Phi) is 6.64. The van der Waals surface area contributed by atoms with Crippen molar-refractivity contribution in [2.45, 2.75) is 19.0 Å². The van der Waals surface area contributed by atoms with Crippen molar-refractivity contribution in [1.29, 1.82) is 0 Å². The van der Waals surface area contributed by atoms with Crippen LogP contribution in [-0.2, 0) is 10.8 Å². The molecule has 1 saturated carbocycles. The van der Waals surface area contributed by atoms with Crippen molar-refractivity contribution in [3.8, 4) is 22.8 Å². The smallest absolute Gasteiger partial charge is 0.313 e. The average Bonchev–Trinajstić information content (AvgIpc) is 3.68. The summed E-state index contributed by atoms with van der Waals surface area (Å²) in [5, 5.41) is 2.28. The molecule has 0 spiro atoms. The minimum Gasteiger partial charge on any atom is -0.457 e. The minimum absolute atomic E-state index is 0.262. The summed E-state index contributed by atoms with van der Waals surface area (Å²) in [4.78, 5) is 29.1. The molecule has 0 saturated heterocycles. The summed E-state index contributed by atoms with van der Waals surface area (Å²) >= 11 is 0. The Morgan fingerprint density at radius 3 is 2.32 bits per heavy atom. The Morgan fingerprint density at radius 2 is 1.73 bits per heavy atom.